The zero-order valence-corrected chi connectivity index (χ0v) is 16.0. The maximum absolute atomic E-state index is 13.3. The molecule has 3 rings (SSSR count). The van der Waals surface area contributed by atoms with Crippen molar-refractivity contribution in [1.82, 2.24) is 5.16 Å². The predicted molar refractivity (Wildman–Crippen MR) is 102 cm³/mol. The first-order valence-electron chi connectivity index (χ1n) is 8.48. The molecule has 130 valence electrons. The molecule has 0 aliphatic rings. The van der Waals surface area contributed by atoms with Crippen LogP contribution < -0.4 is 0 Å². The molecule has 2 aromatic carbocycles. The maximum Gasteiger partial charge on any atom is 0.170 e. The molecule has 0 saturated carbocycles. The third kappa shape index (κ3) is 4.57. The number of halogens is 2. The van der Waals surface area contributed by atoms with Crippen LogP contribution in [0.2, 0.25) is 0 Å². The van der Waals surface area contributed by atoms with Crippen molar-refractivity contribution >= 4 is 15.9 Å². The van der Waals surface area contributed by atoms with Crippen LogP contribution in [0.1, 0.15) is 30.2 Å². The van der Waals surface area contributed by atoms with Crippen molar-refractivity contribution in [3.8, 4) is 11.3 Å². The van der Waals surface area contributed by atoms with Gasteiger partial charge < -0.3 is 4.52 Å². The first-order chi connectivity index (χ1) is 12.0. The summed E-state index contributed by atoms with van der Waals surface area (Å²) in [5, 5.41) is 4.16. The van der Waals surface area contributed by atoms with E-state index in [1.54, 1.807) is 12.1 Å². The number of benzene rings is 2. The van der Waals surface area contributed by atoms with Crippen LogP contribution in [0.5, 0.6) is 0 Å². The van der Waals surface area contributed by atoms with E-state index in [2.05, 4.69) is 28.0 Å². The van der Waals surface area contributed by atoms with E-state index >= 15 is 0 Å². The minimum absolute atomic E-state index is 0.169. The fourth-order valence-corrected chi connectivity index (χ4v) is 3.28. The Bertz CT molecular complexity index is 841. The van der Waals surface area contributed by atoms with Gasteiger partial charge in [-0.3, -0.25) is 0 Å². The third-order valence-electron chi connectivity index (χ3n) is 4.46. The molecule has 25 heavy (non-hydrogen) atoms. The highest BCUT2D eigenvalue weighted by Gasteiger charge is 2.17. The van der Waals surface area contributed by atoms with Gasteiger partial charge in [-0.1, -0.05) is 52.3 Å². The number of aromatic nitrogens is 1. The average Bonchev–Trinajstić information content (AvgIpc) is 2.95. The molecule has 1 unspecified atom stereocenters. The molecule has 3 aromatic rings. The molecule has 0 bridgehead atoms. The Hall–Kier alpha value is -1.94. The van der Waals surface area contributed by atoms with Crippen molar-refractivity contribution in [2.45, 2.75) is 33.1 Å². The van der Waals surface area contributed by atoms with Gasteiger partial charge in [-0.05, 0) is 61.9 Å². The summed E-state index contributed by atoms with van der Waals surface area (Å²) < 4.78 is 19.9. The van der Waals surface area contributed by atoms with Gasteiger partial charge in [-0.2, -0.15) is 0 Å². The summed E-state index contributed by atoms with van der Waals surface area (Å²) in [7, 11) is 0. The standard InChI is InChI=1S/C21H21BrFNO/c1-14(6-7-16-4-3-5-19(23)13-16)12-20-15(2)24-25-21(20)17-8-10-18(22)11-9-17/h3-5,8-11,13-14H,6-7,12H2,1-2H3. The van der Waals surface area contributed by atoms with Crippen molar-refractivity contribution in [2.75, 3.05) is 0 Å². The molecule has 0 aliphatic heterocycles. The summed E-state index contributed by atoms with van der Waals surface area (Å²) in [6.07, 6.45) is 2.76. The van der Waals surface area contributed by atoms with E-state index in [9.17, 15) is 4.39 Å². The van der Waals surface area contributed by atoms with E-state index in [0.717, 1.165) is 51.9 Å². The van der Waals surface area contributed by atoms with Gasteiger partial charge >= 0.3 is 0 Å². The van der Waals surface area contributed by atoms with Gasteiger partial charge in [-0.15, -0.1) is 0 Å². The number of nitrogens with zero attached hydrogens (tertiary/aromatic N) is 1. The summed E-state index contributed by atoms with van der Waals surface area (Å²) in [5.41, 5.74) is 4.18. The van der Waals surface area contributed by atoms with Crippen LogP contribution in [-0.2, 0) is 12.8 Å². The van der Waals surface area contributed by atoms with Crippen LogP contribution in [0.25, 0.3) is 11.3 Å². The molecular formula is C21H21BrFNO. The largest absolute Gasteiger partial charge is 0.356 e. The zero-order chi connectivity index (χ0) is 17.8. The molecule has 0 spiro atoms. The molecular weight excluding hydrogens is 381 g/mol. The lowest BCUT2D eigenvalue weighted by Gasteiger charge is -2.12. The van der Waals surface area contributed by atoms with Gasteiger partial charge in [-0.25, -0.2) is 4.39 Å². The summed E-state index contributed by atoms with van der Waals surface area (Å²) in [6, 6.07) is 14.9. The zero-order valence-electron chi connectivity index (χ0n) is 14.4. The number of aryl methyl sites for hydroxylation is 2. The predicted octanol–water partition coefficient (Wildman–Crippen LogP) is 6.36. The van der Waals surface area contributed by atoms with Gasteiger partial charge in [0.05, 0.1) is 5.69 Å². The molecule has 2 nitrogen and oxygen atoms in total. The maximum atomic E-state index is 13.3. The summed E-state index contributed by atoms with van der Waals surface area (Å²) in [5.74, 6) is 1.13. The lowest BCUT2D eigenvalue weighted by molar-refractivity contribution is 0.426. The molecule has 1 aromatic heterocycles. The number of hydrogen-bond acceptors (Lipinski definition) is 2. The molecule has 0 N–H and O–H groups in total. The molecule has 0 aliphatic carbocycles. The lowest BCUT2D eigenvalue weighted by atomic mass is 9.92. The average molecular weight is 402 g/mol. The summed E-state index contributed by atoms with van der Waals surface area (Å²) in [6.45, 7) is 4.21. The van der Waals surface area contributed by atoms with Crippen molar-refractivity contribution in [1.29, 1.82) is 0 Å². The van der Waals surface area contributed by atoms with Crippen LogP contribution >= 0.6 is 15.9 Å². The van der Waals surface area contributed by atoms with Gasteiger partial charge in [0.1, 0.15) is 5.82 Å². The highest BCUT2D eigenvalue weighted by molar-refractivity contribution is 9.10. The van der Waals surface area contributed by atoms with Crippen LogP contribution in [0.3, 0.4) is 0 Å². The van der Waals surface area contributed by atoms with Gasteiger partial charge in [0.25, 0.3) is 0 Å². The van der Waals surface area contributed by atoms with Gasteiger partial charge in [0, 0.05) is 15.6 Å². The number of hydrogen-bond donors (Lipinski definition) is 0. The van der Waals surface area contributed by atoms with E-state index in [1.165, 1.54) is 6.07 Å². The molecule has 0 fully saturated rings. The Morgan fingerprint density at radius 1 is 1.16 bits per heavy atom. The van der Waals surface area contributed by atoms with E-state index in [0.29, 0.717) is 5.92 Å². The SMILES string of the molecule is Cc1noc(-c2ccc(Br)cc2)c1CC(C)CCc1cccc(F)c1. The van der Waals surface area contributed by atoms with Crippen LogP contribution in [-0.4, -0.2) is 5.16 Å². The summed E-state index contributed by atoms with van der Waals surface area (Å²) >= 11 is 3.46. The third-order valence-corrected chi connectivity index (χ3v) is 4.99. The van der Waals surface area contributed by atoms with Crippen molar-refractivity contribution in [2.24, 2.45) is 5.92 Å². The van der Waals surface area contributed by atoms with Gasteiger partial charge in [0.2, 0.25) is 0 Å². The monoisotopic (exact) mass is 401 g/mol. The Morgan fingerprint density at radius 3 is 2.64 bits per heavy atom. The summed E-state index contributed by atoms with van der Waals surface area (Å²) in [4.78, 5) is 0. The van der Waals surface area contributed by atoms with Crippen molar-refractivity contribution in [3.05, 3.63) is 75.6 Å². The van der Waals surface area contributed by atoms with Crippen LogP contribution in [0, 0.1) is 18.7 Å². The van der Waals surface area contributed by atoms with Crippen molar-refractivity contribution < 1.29 is 8.91 Å². The molecule has 0 radical (unpaired) electrons. The molecule has 0 saturated heterocycles. The quantitative estimate of drug-likeness (QED) is 0.479. The van der Waals surface area contributed by atoms with Crippen LogP contribution in [0.4, 0.5) is 4.39 Å². The molecule has 4 heteroatoms. The topological polar surface area (TPSA) is 26.0 Å². The molecule has 1 heterocycles. The highest BCUT2D eigenvalue weighted by Crippen LogP contribution is 2.30. The lowest BCUT2D eigenvalue weighted by Crippen LogP contribution is -2.03. The second kappa shape index (κ2) is 7.96. The fourth-order valence-electron chi connectivity index (χ4n) is 3.01. The second-order valence-corrected chi connectivity index (χ2v) is 7.48. The first kappa shape index (κ1) is 17.9. The molecule has 1 atom stereocenters. The normalized spacial score (nSPS) is 12.3. The minimum Gasteiger partial charge on any atom is -0.356 e. The highest BCUT2D eigenvalue weighted by atomic mass is 79.9. The van der Waals surface area contributed by atoms with Gasteiger partial charge in [0.15, 0.2) is 5.76 Å². The van der Waals surface area contributed by atoms with E-state index in [-0.39, 0.29) is 5.82 Å². The minimum atomic E-state index is -0.169. The Balaban J connectivity index is 1.70. The molecule has 0 amide bonds. The van der Waals surface area contributed by atoms with E-state index in [4.69, 9.17) is 4.52 Å². The smallest absolute Gasteiger partial charge is 0.170 e. The Morgan fingerprint density at radius 2 is 1.92 bits per heavy atom. The van der Waals surface area contributed by atoms with Crippen LogP contribution in [0.15, 0.2) is 57.5 Å². The second-order valence-electron chi connectivity index (χ2n) is 6.56. The number of rotatable bonds is 6. The van der Waals surface area contributed by atoms with E-state index < -0.39 is 0 Å². The van der Waals surface area contributed by atoms with Crippen molar-refractivity contribution in [3.63, 3.8) is 0 Å². The Kier molecular flexibility index (Phi) is 5.69. The first-order valence-corrected chi connectivity index (χ1v) is 9.27. The Labute approximate surface area is 156 Å². The van der Waals surface area contributed by atoms with E-state index in [1.807, 2.05) is 37.3 Å². The fraction of sp³-hybridized carbons (Fsp3) is 0.286.